The monoisotopic (exact) mass is 280 g/mol. The van der Waals surface area contributed by atoms with Crippen molar-refractivity contribution in [3.05, 3.63) is 29.6 Å². The first-order valence-electron chi connectivity index (χ1n) is 6.91. The van der Waals surface area contributed by atoms with Crippen molar-refractivity contribution in [2.24, 2.45) is 10.9 Å². The Balaban J connectivity index is 2.20. The second kappa shape index (κ2) is 6.56. The smallest absolute Gasteiger partial charge is 0.175 e. The van der Waals surface area contributed by atoms with E-state index in [1.807, 2.05) is 6.07 Å². The summed E-state index contributed by atoms with van der Waals surface area (Å²) in [5.41, 5.74) is 6.47. The van der Waals surface area contributed by atoms with E-state index in [-0.39, 0.29) is 11.4 Å². The molecule has 2 rings (SSSR count). The zero-order valence-corrected chi connectivity index (χ0v) is 11.7. The van der Waals surface area contributed by atoms with Crippen molar-refractivity contribution in [3.63, 3.8) is 0 Å². The largest absolute Gasteiger partial charge is 0.409 e. The molecule has 0 aliphatic carbocycles. The first-order valence-corrected chi connectivity index (χ1v) is 6.91. The molecule has 0 aromatic heterocycles. The summed E-state index contributed by atoms with van der Waals surface area (Å²) in [4.78, 5) is 4.47. The van der Waals surface area contributed by atoms with Gasteiger partial charge in [-0.2, -0.15) is 0 Å². The van der Waals surface area contributed by atoms with Gasteiger partial charge in [-0.25, -0.2) is 4.39 Å². The van der Waals surface area contributed by atoms with Crippen LogP contribution in [-0.4, -0.2) is 48.7 Å². The first kappa shape index (κ1) is 14.6. The third-order valence-electron chi connectivity index (χ3n) is 3.61. The third kappa shape index (κ3) is 3.01. The number of rotatable bonds is 4. The lowest BCUT2D eigenvalue weighted by Gasteiger charge is -2.36. The Labute approximate surface area is 118 Å². The number of anilines is 1. The van der Waals surface area contributed by atoms with Gasteiger partial charge in [0.15, 0.2) is 5.84 Å². The Kier molecular flexibility index (Phi) is 4.79. The predicted octanol–water partition coefficient (Wildman–Crippen LogP) is 1.45. The predicted molar refractivity (Wildman–Crippen MR) is 77.9 cm³/mol. The number of nitrogens with two attached hydrogens (primary N) is 1. The molecular weight excluding hydrogens is 259 g/mol. The topological polar surface area (TPSA) is 65.1 Å². The number of nitrogens with zero attached hydrogens (tertiary/aromatic N) is 3. The summed E-state index contributed by atoms with van der Waals surface area (Å²) in [5, 5.41) is 11.8. The summed E-state index contributed by atoms with van der Waals surface area (Å²) < 4.78 is 13.9. The van der Waals surface area contributed by atoms with Gasteiger partial charge in [0.1, 0.15) is 5.82 Å². The highest BCUT2D eigenvalue weighted by atomic mass is 19.1. The van der Waals surface area contributed by atoms with E-state index < -0.39 is 5.82 Å². The van der Waals surface area contributed by atoms with Crippen LogP contribution in [0.4, 0.5) is 10.1 Å². The second-order valence-electron chi connectivity index (χ2n) is 4.95. The van der Waals surface area contributed by atoms with Crippen molar-refractivity contribution in [2.75, 3.05) is 37.6 Å². The molecule has 1 aromatic rings. The van der Waals surface area contributed by atoms with E-state index in [4.69, 9.17) is 10.9 Å². The lowest BCUT2D eigenvalue weighted by atomic mass is 10.1. The van der Waals surface area contributed by atoms with E-state index in [0.29, 0.717) is 5.69 Å². The molecule has 1 fully saturated rings. The van der Waals surface area contributed by atoms with Crippen molar-refractivity contribution < 1.29 is 9.60 Å². The number of halogens is 1. The Bertz CT molecular complexity index is 484. The third-order valence-corrected chi connectivity index (χ3v) is 3.61. The fraction of sp³-hybridized carbons (Fsp3) is 0.500. The molecule has 1 aromatic carbocycles. The molecule has 20 heavy (non-hydrogen) atoms. The molecule has 1 aliphatic heterocycles. The molecule has 0 atom stereocenters. The van der Waals surface area contributed by atoms with Gasteiger partial charge in [0.2, 0.25) is 0 Å². The van der Waals surface area contributed by atoms with Crippen LogP contribution in [-0.2, 0) is 0 Å². The van der Waals surface area contributed by atoms with Crippen molar-refractivity contribution in [1.29, 1.82) is 0 Å². The lowest BCUT2D eigenvalue weighted by molar-refractivity contribution is 0.258. The number of oxime groups is 1. The van der Waals surface area contributed by atoms with E-state index >= 15 is 0 Å². The summed E-state index contributed by atoms with van der Waals surface area (Å²) in [6, 6.07) is 4.79. The number of hydrogen-bond acceptors (Lipinski definition) is 4. The number of benzene rings is 1. The number of hydrogen-bond donors (Lipinski definition) is 2. The van der Waals surface area contributed by atoms with Gasteiger partial charge in [-0.05, 0) is 25.1 Å². The van der Waals surface area contributed by atoms with Crippen LogP contribution in [0.5, 0.6) is 0 Å². The minimum atomic E-state index is -0.464. The van der Waals surface area contributed by atoms with Gasteiger partial charge in [-0.1, -0.05) is 18.1 Å². The highest BCUT2D eigenvalue weighted by Gasteiger charge is 2.22. The van der Waals surface area contributed by atoms with Crippen LogP contribution < -0.4 is 10.6 Å². The minimum absolute atomic E-state index is 0.180. The fourth-order valence-electron chi connectivity index (χ4n) is 2.61. The SMILES string of the molecule is CCCN1CCN(c2cccc(F)c2/C(N)=N/O)CC1. The van der Waals surface area contributed by atoms with Gasteiger partial charge < -0.3 is 15.8 Å². The molecule has 0 spiro atoms. The van der Waals surface area contributed by atoms with Crippen molar-refractivity contribution >= 4 is 11.5 Å². The van der Waals surface area contributed by atoms with Crippen molar-refractivity contribution in [1.82, 2.24) is 4.90 Å². The summed E-state index contributed by atoms with van der Waals surface area (Å²) >= 11 is 0. The molecule has 3 N–H and O–H groups in total. The minimum Gasteiger partial charge on any atom is -0.409 e. The van der Waals surface area contributed by atoms with Crippen LogP contribution in [0.3, 0.4) is 0 Å². The summed E-state index contributed by atoms with van der Waals surface area (Å²) in [6.07, 6.45) is 1.13. The molecule has 110 valence electrons. The molecule has 1 aliphatic rings. The maximum absolute atomic E-state index is 13.9. The van der Waals surface area contributed by atoms with E-state index in [9.17, 15) is 4.39 Å². The molecule has 0 saturated carbocycles. The highest BCUT2D eigenvalue weighted by Crippen LogP contribution is 2.24. The molecule has 0 bridgehead atoms. The Hall–Kier alpha value is -1.82. The number of piperazine rings is 1. The fourth-order valence-corrected chi connectivity index (χ4v) is 2.61. The normalized spacial score (nSPS) is 17.5. The van der Waals surface area contributed by atoms with Gasteiger partial charge in [0, 0.05) is 26.2 Å². The van der Waals surface area contributed by atoms with Crippen LogP contribution in [0.25, 0.3) is 0 Å². The second-order valence-corrected chi connectivity index (χ2v) is 4.95. The number of amidine groups is 1. The van der Waals surface area contributed by atoms with Gasteiger partial charge in [0.05, 0.1) is 11.3 Å². The first-order chi connectivity index (χ1) is 9.67. The van der Waals surface area contributed by atoms with Crippen LogP contribution in [0.2, 0.25) is 0 Å². The molecule has 0 unspecified atom stereocenters. The van der Waals surface area contributed by atoms with Gasteiger partial charge in [-0.3, -0.25) is 4.90 Å². The van der Waals surface area contributed by atoms with Crippen LogP contribution in [0, 0.1) is 5.82 Å². The van der Waals surface area contributed by atoms with E-state index in [0.717, 1.165) is 39.1 Å². The molecule has 0 amide bonds. The molecular formula is C14H21FN4O. The Morgan fingerprint density at radius 2 is 2.05 bits per heavy atom. The maximum atomic E-state index is 13.9. The summed E-state index contributed by atoms with van der Waals surface area (Å²) in [5.74, 6) is -0.650. The quantitative estimate of drug-likeness (QED) is 0.379. The average Bonchev–Trinajstić information content (AvgIpc) is 2.47. The maximum Gasteiger partial charge on any atom is 0.175 e. The lowest BCUT2D eigenvalue weighted by Crippen LogP contribution is -2.47. The summed E-state index contributed by atoms with van der Waals surface area (Å²) in [7, 11) is 0. The van der Waals surface area contributed by atoms with Gasteiger partial charge in [0.25, 0.3) is 0 Å². The van der Waals surface area contributed by atoms with Crippen molar-refractivity contribution in [3.8, 4) is 0 Å². The molecule has 6 heteroatoms. The van der Waals surface area contributed by atoms with Crippen LogP contribution >= 0.6 is 0 Å². The zero-order chi connectivity index (χ0) is 14.5. The standard InChI is InChI=1S/C14H21FN4O/c1-2-6-18-7-9-19(10-8-18)12-5-3-4-11(15)13(12)14(16)17-20/h3-5,20H,2,6-10H2,1H3,(H2,16,17). The van der Waals surface area contributed by atoms with Gasteiger partial charge >= 0.3 is 0 Å². The molecule has 1 saturated heterocycles. The van der Waals surface area contributed by atoms with Crippen LogP contribution in [0.15, 0.2) is 23.4 Å². The zero-order valence-electron chi connectivity index (χ0n) is 11.7. The molecule has 5 nitrogen and oxygen atoms in total. The van der Waals surface area contributed by atoms with Crippen molar-refractivity contribution in [2.45, 2.75) is 13.3 Å². The Morgan fingerprint density at radius 3 is 2.65 bits per heavy atom. The van der Waals surface area contributed by atoms with E-state index in [2.05, 4.69) is 21.9 Å². The summed E-state index contributed by atoms with van der Waals surface area (Å²) in [6.45, 7) is 6.77. The van der Waals surface area contributed by atoms with E-state index in [1.54, 1.807) is 6.07 Å². The van der Waals surface area contributed by atoms with Gasteiger partial charge in [-0.15, -0.1) is 0 Å². The highest BCUT2D eigenvalue weighted by molar-refractivity contribution is 6.02. The average molecular weight is 280 g/mol. The Morgan fingerprint density at radius 1 is 1.35 bits per heavy atom. The van der Waals surface area contributed by atoms with Crippen LogP contribution in [0.1, 0.15) is 18.9 Å². The van der Waals surface area contributed by atoms with E-state index in [1.165, 1.54) is 6.07 Å². The molecule has 0 radical (unpaired) electrons. The molecule has 1 heterocycles.